The molecule has 5 aromatic carbocycles. The van der Waals surface area contributed by atoms with Crippen molar-refractivity contribution in [1.29, 1.82) is 0 Å². The molecule has 0 saturated carbocycles. The molecule has 2 N–H and O–H groups in total. The Hall–Kier alpha value is -9.08. The van der Waals surface area contributed by atoms with Crippen molar-refractivity contribution < 1.29 is 39.8 Å². The van der Waals surface area contributed by atoms with Crippen molar-refractivity contribution in [1.82, 2.24) is 9.97 Å². The summed E-state index contributed by atoms with van der Waals surface area (Å²) in [5, 5.41) is 82.8. The summed E-state index contributed by atoms with van der Waals surface area (Å²) in [6.07, 6.45) is 0. The molecule has 0 unspecified atom stereocenters. The fourth-order valence-electron chi connectivity index (χ4n) is 5.74. The number of hydrogen-bond acceptors (Lipinski definition) is 16. The lowest BCUT2D eigenvalue weighted by atomic mass is 10.00. The fraction of sp³-hybridized carbons (Fsp3) is 0.0526. The van der Waals surface area contributed by atoms with E-state index in [2.05, 4.69) is 62.4 Å². The van der Waals surface area contributed by atoms with Gasteiger partial charge in [-0.2, -0.15) is 0 Å². The largest absolute Gasteiger partial charge is 0.497 e. The average Bonchev–Trinajstić information content (AvgIpc) is 3.21. The first-order valence-corrected chi connectivity index (χ1v) is 16.8. The Kier molecular flexibility index (Phi) is 12.2. The molecule has 0 spiro atoms. The minimum absolute atomic E-state index is 0.447. The predicted octanol–water partition coefficient (Wildman–Crippen LogP) is 8.97. The normalized spacial score (nSPS) is 10.4. The van der Waals surface area contributed by atoms with E-state index in [0.717, 1.165) is 33.5 Å². The summed E-state index contributed by atoms with van der Waals surface area (Å²) in [7, 11) is 0. The number of nitrogens with zero attached hydrogens (tertiary/aromatic N) is 8. The lowest BCUT2D eigenvalue weighted by molar-refractivity contribution is -0.404. The molecule has 302 valence electrons. The first-order valence-electron chi connectivity index (χ1n) is 16.8. The van der Waals surface area contributed by atoms with Gasteiger partial charge in [0.25, 0.3) is 22.9 Å². The molecular weight excluding hydrogens is 792 g/mol. The summed E-state index contributed by atoms with van der Waals surface area (Å²) in [4.78, 5) is 65.4. The van der Waals surface area contributed by atoms with Crippen LogP contribution in [0.2, 0.25) is 0 Å². The van der Waals surface area contributed by atoms with Gasteiger partial charge in [-0.3, -0.25) is 60.7 Å². The van der Waals surface area contributed by atoms with Gasteiger partial charge < -0.3 is 10.2 Å². The summed E-state index contributed by atoms with van der Waals surface area (Å²) < 4.78 is 0. The number of nitro benzene ring substituents is 6. The van der Waals surface area contributed by atoms with Crippen LogP contribution in [0.1, 0.15) is 11.1 Å². The summed E-state index contributed by atoms with van der Waals surface area (Å²) in [5.41, 5.74) is 2.71. The SMILES string of the molecule is Cc1cc(-c2ccccc2)nc2cc3nc(-c4ccccc4)cc(C)c3cc12.O=[N+]([O-])c1cc([N+](=O)[O-])c(O)c([N+](=O)[O-])c1.O=[N+]([O-])c1cc([N+](=O)[O-])c(O)c([N+](=O)[O-])c1. The Morgan fingerprint density at radius 2 is 0.717 bits per heavy atom. The summed E-state index contributed by atoms with van der Waals surface area (Å²) in [6.45, 7) is 4.31. The van der Waals surface area contributed by atoms with Crippen LogP contribution >= 0.6 is 0 Å². The monoisotopic (exact) mass is 818 g/mol. The van der Waals surface area contributed by atoms with Crippen LogP contribution < -0.4 is 0 Å². The molecule has 0 fully saturated rings. The third-order valence-corrected chi connectivity index (χ3v) is 8.61. The van der Waals surface area contributed by atoms with Gasteiger partial charge in [0.1, 0.15) is 0 Å². The zero-order chi connectivity index (χ0) is 44.0. The molecule has 7 aromatic rings. The van der Waals surface area contributed by atoms with Crippen LogP contribution in [0, 0.1) is 74.5 Å². The summed E-state index contributed by atoms with van der Waals surface area (Å²) in [6, 6.07) is 31.2. The predicted molar refractivity (Wildman–Crippen MR) is 214 cm³/mol. The Morgan fingerprint density at radius 3 is 0.983 bits per heavy atom. The lowest BCUT2D eigenvalue weighted by Crippen LogP contribution is -1.97. The number of aromatic nitrogens is 2. The molecule has 7 rings (SSSR count). The molecule has 60 heavy (non-hydrogen) atoms. The molecule has 0 radical (unpaired) electrons. The average molecular weight is 819 g/mol. The van der Waals surface area contributed by atoms with E-state index in [1.807, 2.05) is 36.4 Å². The molecule has 0 amide bonds. The van der Waals surface area contributed by atoms with Gasteiger partial charge in [-0.1, -0.05) is 60.7 Å². The maximum atomic E-state index is 10.4. The quantitative estimate of drug-likeness (QED) is 0.0820. The van der Waals surface area contributed by atoms with Crippen LogP contribution in [0.4, 0.5) is 34.1 Å². The molecule has 22 nitrogen and oxygen atoms in total. The molecule has 0 atom stereocenters. The van der Waals surface area contributed by atoms with E-state index in [9.17, 15) is 60.7 Å². The number of non-ortho nitro benzene ring substituents is 2. The van der Waals surface area contributed by atoms with Crippen molar-refractivity contribution in [2.45, 2.75) is 13.8 Å². The van der Waals surface area contributed by atoms with Gasteiger partial charge in [-0.05, 0) is 49.2 Å². The number of phenolic OH excluding ortho intramolecular Hbond substituents is 2. The number of nitro groups is 6. The van der Waals surface area contributed by atoms with Gasteiger partial charge in [-0.25, -0.2) is 9.97 Å². The highest BCUT2D eigenvalue weighted by Crippen LogP contribution is 2.40. The summed E-state index contributed by atoms with van der Waals surface area (Å²) >= 11 is 0. The molecular formula is C38H26N8O14. The second kappa shape index (κ2) is 17.4. The van der Waals surface area contributed by atoms with Gasteiger partial charge in [0, 0.05) is 21.9 Å². The van der Waals surface area contributed by atoms with Crippen LogP contribution in [0.25, 0.3) is 44.3 Å². The molecule has 0 aliphatic heterocycles. The maximum Gasteiger partial charge on any atom is 0.324 e. The maximum absolute atomic E-state index is 10.4. The second-order valence-corrected chi connectivity index (χ2v) is 12.5. The number of rotatable bonds is 8. The van der Waals surface area contributed by atoms with Gasteiger partial charge in [-0.15, -0.1) is 0 Å². The number of phenols is 2. The van der Waals surface area contributed by atoms with Crippen molar-refractivity contribution in [3.8, 4) is 34.0 Å². The van der Waals surface area contributed by atoms with Crippen molar-refractivity contribution in [2.75, 3.05) is 0 Å². The van der Waals surface area contributed by atoms with Crippen LogP contribution in [0.3, 0.4) is 0 Å². The van der Waals surface area contributed by atoms with E-state index in [1.54, 1.807) is 0 Å². The van der Waals surface area contributed by atoms with E-state index in [-0.39, 0.29) is 0 Å². The zero-order valence-corrected chi connectivity index (χ0v) is 30.8. The van der Waals surface area contributed by atoms with Crippen molar-refractivity contribution in [3.63, 3.8) is 0 Å². The topological polar surface area (TPSA) is 325 Å². The molecule has 0 aliphatic carbocycles. The first kappa shape index (κ1) is 42.1. The van der Waals surface area contributed by atoms with Crippen molar-refractivity contribution >= 4 is 55.9 Å². The van der Waals surface area contributed by atoms with E-state index in [4.69, 9.17) is 20.2 Å². The highest BCUT2D eigenvalue weighted by Gasteiger charge is 2.31. The number of fused-ring (bicyclic) bond motifs is 2. The molecule has 0 saturated heterocycles. The van der Waals surface area contributed by atoms with E-state index in [1.165, 1.54) is 21.9 Å². The number of hydrogen-bond donors (Lipinski definition) is 2. The molecule has 0 aliphatic rings. The van der Waals surface area contributed by atoms with Crippen LogP contribution in [-0.4, -0.2) is 49.7 Å². The first-order chi connectivity index (χ1) is 28.4. The zero-order valence-electron chi connectivity index (χ0n) is 30.8. The third kappa shape index (κ3) is 9.13. The minimum Gasteiger partial charge on any atom is -0.497 e. The molecule has 2 heterocycles. The molecule has 0 bridgehead atoms. The van der Waals surface area contributed by atoms with Gasteiger partial charge in [0.2, 0.25) is 0 Å². The van der Waals surface area contributed by atoms with E-state index < -0.39 is 75.2 Å². The molecule has 22 heteroatoms. The fourth-order valence-corrected chi connectivity index (χ4v) is 5.74. The standard InChI is InChI=1S/C26H20N2.2C6H3N3O7/c1-17-13-23(19-9-5-3-6-10-19)27-25-16-26-22(15-21(17)25)18(2)14-24(28-26)20-11-7-4-8-12-20;2*10-6-4(8(13)14)1-3(7(11)12)2-5(6)9(15)16/h3-16H,1-2H3;2*1-2,10H. The Labute approximate surface area is 334 Å². The highest BCUT2D eigenvalue weighted by molar-refractivity contribution is 5.99. The van der Waals surface area contributed by atoms with Gasteiger partial charge in [0.05, 0.1) is 76.2 Å². The highest BCUT2D eigenvalue weighted by atomic mass is 16.7. The van der Waals surface area contributed by atoms with Gasteiger partial charge >= 0.3 is 22.7 Å². The molecule has 2 aromatic heterocycles. The summed E-state index contributed by atoms with van der Waals surface area (Å²) in [5.74, 6) is -2.42. The van der Waals surface area contributed by atoms with Crippen LogP contribution in [0.15, 0.2) is 109 Å². The Morgan fingerprint density at radius 1 is 0.417 bits per heavy atom. The Balaban J connectivity index is 0.000000184. The van der Waals surface area contributed by atoms with Crippen LogP contribution in [0.5, 0.6) is 11.5 Å². The number of benzene rings is 5. The number of aryl methyl sites for hydroxylation is 2. The smallest absolute Gasteiger partial charge is 0.324 e. The van der Waals surface area contributed by atoms with Crippen molar-refractivity contribution in [2.24, 2.45) is 0 Å². The second-order valence-electron chi connectivity index (χ2n) is 12.5. The van der Waals surface area contributed by atoms with Crippen LogP contribution in [-0.2, 0) is 0 Å². The third-order valence-electron chi connectivity index (χ3n) is 8.61. The van der Waals surface area contributed by atoms with E-state index in [0.29, 0.717) is 24.3 Å². The minimum atomic E-state index is -1.21. The number of aromatic hydroxyl groups is 2. The number of pyridine rings is 2. The van der Waals surface area contributed by atoms with Gasteiger partial charge in [0.15, 0.2) is 0 Å². The van der Waals surface area contributed by atoms with E-state index >= 15 is 0 Å². The lowest BCUT2D eigenvalue weighted by Gasteiger charge is -2.11. The Bertz CT molecular complexity index is 2630. The van der Waals surface area contributed by atoms with Crippen molar-refractivity contribution in [3.05, 3.63) is 181 Å².